The first-order valence-electron chi connectivity index (χ1n) is 7.99. The van der Waals surface area contributed by atoms with Crippen LogP contribution in [-0.4, -0.2) is 30.4 Å². The van der Waals surface area contributed by atoms with Crippen LogP contribution in [0, 0.1) is 0 Å². The number of hydrogen-bond donors (Lipinski definition) is 2. The van der Waals surface area contributed by atoms with Crippen LogP contribution in [0.25, 0.3) is 0 Å². The van der Waals surface area contributed by atoms with E-state index < -0.39 is 18.1 Å². The number of benzene rings is 1. The number of rotatable bonds is 2. The third-order valence-corrected chi connectivity index (χ3v) is 3.67. The number of ether oxygens (including phenoxy) is 1. The molecule has 6 heteroatoms. The molecule has 0 saturated carbocycles. The van der Waals surface area contributed by atoms with E-state index in [0.29, 0.717) is 19.3 Å². The van der Waals surface area contributed by atoms with Crippen molar-refractivity contribution in [1.82, 2.24) is 10.6 Å². The second-order valence-corrected chi connectivity index (χ2v) is 5.66. The summed E-state index contributed by atoms with van der Waals surface area (Å²) in [6, 6.07) is 8.22. The Bertz CT molecular complexity index is 613. The number of carbonyl (C=O) groups is 3. The fourth-order valence-electron chi connectivity index (χ4n) is 2.46. The van der Waals surface area contributed by atoms with Gasteiger partial charge in [-0.05, 0) is 18.4 Å². The molecule has 0 saturated heterocycles. The Morgan fingerprint density at radius 2 is 1.96 bits per heavy atom. The lowest BCUT2D eigenvalue weighted by Crippen LogP contribution is -2.42. The minimum atomic E-state index is -0.717. The molecule has 2 rings (SSSR count). The van der Waals surface area contributed by atoms with Crippen molar-refractivity contribution < 1.29 is 19.1 Å². The lowest BCUT2D eigenvalue weighted by molar-refractivity contribution is -0.148. The summed E-state index contributed by atoms with van der Waals surface area (Å²) in [5.74, 6) is -0.889. The summed E-state index contributed by atoms with van der Waals surface area (Å²) in [7, 11) is 0. The molecule has 0 bridgehead atoms. The average molecular weight is 330 g/mol. The van der Waals surface area contributed by atoms with Gasteiger partial charge in [0.1, 0.15) is 12.6 Å². The molecule has 1 aliphatic heterocycles. The van der Waals surface area contributed by atoms with Crippen molar-refractivity contribution >= 4 is 17.8 Å². The highest BCUT2D eigenvalue weighted by atomic mass is 16.5. The zero-order chi connectivity index (χ0) is 17.4. The van der Waals surface area contributed by atoms with E-state index in [1.54, 1.807) is 6.08 Å². The first-order chi connectivity index (χ1) is 11.6. The van der Waals surface area contributed by atoms with Gasteiger partial charge in [0.25, 0.3) is 0 Å². The molecule has 0 radical (unpaired) electrons. The molecule has 2 N–H and O–H groups in total. The topological polar surface area (TPSA) is 84.5 Å². The Kier molecular flexibility index (Phi) is 6.54. The van der Waals surface area contributed by atoms with Crippen molar-refractivity contribution in [3.05, 3.63) is 48.0 Å². The summed E-state index contributed by atoms with van der Waals surface area (Å²) in [4.78, 5) is 35.5. The van der Waals surface area contributed by atoms with Gasteiger partial charge in [-0.1, -0.05) is 42.5 Å². The molecule has 1 aliphatic rings. The molecule has 1 aromatic carbocycles. The first kappa shape index (κ1) is 17.7. The van der Waals surface area contributed by atoms with Gasteiger partial charge >= 0.3 is 5.97 Å². The second kappa shape index (κ2) is 8.86. The van der Waals surface area contributed by atoms with Gasteiger partial charge in [-0.2, -0.15) is 0 Å². The van der Waals surface area contributed by atoms with Gasteiger partial charge in [-0.25, -0.2) is 4.79 Å². The first-order valence-corrected chi connectivity index (χ1v) is 7.99. The van der Waals surface area contributed by atoms with Gasteiger partial charge in [-0.3, -0.25) is 9.59 Å². The Hall–Kier alpha value is -2.63. The molecule has 1 heterocycles. The zero-order valence-corrected chi connectivity index (χ0v) is 13.7. The quantitative estimate of drug-likeness (QED) is 0.638. The zero-order valence-electron chi connectivity index (χ0n) is 13.7. The highest BCUT2D eigenvalue weighted by Crippen LogP contribution is 2.15. The predicted octanol–water partition coefficient (Wildman–Crippen LogP) is 1.63. The van der Waals surface area contributed by atoms with Crippen LogP contribution >= 0.6 is 0 Å². The number of esters is 1. The van der Waals surface area contributed by atoms with E-state index in [1.165, 1.54) is 6.92 Å². The van der Waals surface area contributed by atoms with Crippen LogP contribution in [0.15, 0.2) is 42.5 Å². The Morgan fingerprint density at radius 3 is 2.67 bits per heavy atom. The van der Waals surface area contributed by atoms with Crippen molar-refractivity contribution in [2.45, 2.75) is 38.3 Å². The van der Waals surface area contributed by atoms with Gasteiger partial charge in [-0.15, -0.1) is 0 Å². The van der Waals surface area contributed by atoms with E-state index in [4.69, 9.17) is 4.74 Å². The van der Waals surface area contributed by atoms with Crippen LogP contribution in [0.4, 0.5) is 0 Å². The number of allylic oxidation sites excluding steroid dienone is 1. The van der Waals surface area contributed by atoms with E-state index >= 15 is 0 Å². The number of carbonyl (C=O) groups excluding carboxylic acids is 3. The minimum Gasteiger partial charge on any atom is -0.462 e. The molecule has 128 valence electrons. The maximum absolute atomic E-state index is 12.2. The van der Waals surface area contributed by atoms with E-state index in [0.717, 1.165) is 5.56 Å². The molecule has 0 fully saturated rings. The summed E-state index contributed by atoms with van der Waals surface area (Å²) in [6.07, 6.45) is 4.90. The Balaban J connectivity index is 2.15. The van der Waals surface area contributed by atoms with Gasteiger partial charge in [0.15, 0.2) is 0 Å². The molecule has 2 atom stereocenters. The van der Waals surface area contributed by atoms with Gasteiger partial charge < -0.3 is 15.4 Å². The number of hydrogen-bond acceptors (Lipinski definition) is 4. The molecular weight excluding hydrogens is 308 g/mol. The van der Waals surface area contributed by atoms with Gasteiger partial charge in [0.2, 0.25) is 11.8 Å². The molecule has 24 heavy (non-hydrogen) atoms. The van der Waals surface area contributed by atoms with Gasteiger partial charge in [0, 0.05) is 13.3 Å². The monoisotopic (exact) mass is 330 g/mol. The van der Waals surface area contributed by atoms with Crippen molar-refractivity contribution in [2.75, 3.05) is 6.61 Å². The van der Waals surface area contributed by atoms with Crippen LogP contribution in [0.3, 0.4) is 0 Å². The smallest absolute Gasteiger partial charge is 0.329 e. The highest BCUT2D eigenvalue weighted by Gasteiger charge is 2.23. The third kappa shape index (κ3) is 5.53. The van der Waals surface area contributed by atoms with E-state index in [-0.39, 0.29) is 18.4 Å². The molecule has 0 spiro atoms. The molecule has 0 unspecified atom stereocenters. The van der Waals surface area contributed by atoms with Gasteiger partial charge in [0.05, 0.1) is 6.04 Å². The molecule has 0 aliphatic carbocycles. The lowest BCUT2D eigenvalue weighted by atomic mass is 10.1. The van der Waals surface area contributed by atoms with Crippen molar-refractivity contribution in [2.24, 2.45) is 0 Å². The highest BCUT2D eigenvalue weighted by molar-refractivity contribution is 5.83. The average Bonchev–Trinajstić information content (AvgIpc) is 2.56. The van der Waals surface area contributed by atoms with Crippen molar-refractivity contribution in [3.63, 3.8) is 0 Å². The van der Waals surface area contributed by atoms with Crippen LogP contribution in [0.1, 0.15) is 37.8 Å². The maximum atomic E-state index is 12.2. The summed E-state index contributed by atoms with van der Waals surface area (Å²) < 4.78 is 5.34. The SMILES string of the molecule is CC(=O)N[C@@H]1CC=CCCC(=O)N[C@@H](c2ccccc2)COC1=O. The predicted molar refractivity (Wildman–Crippen MR) is 88.9 cm³/mol. The fraction of sp³-hybridized carbons (Fsp3) is 0.389. The van der Waals surface area contributed by atoms with Crippen LogP contribution in [-0.2, 0) is 19.1 Å². The molecular formula is C18H22N2O4. The molecule has 2 amide bonds. The third-order valence-electron chi connectivity index (χ3n) is 3.67. The van der Waals surface area contributed by atoms with Crippen LogP contribution < -0.4 is 10.6 Å². The number of cyclic esters (lactones) is 1. The summed E-state index contributed by atoms with van der Waals surface area (Å²) in [6.45, 7) is 1.38. The minimum absolute atomic E-state index is 0.0222. The largest absolute Gasteiger partial charge is 0.462 e. The summed E-state index contributed by atoms with van der Waals surface area (Å²) in [5.41, 5.74) is 0.863. The normalized spacial score (nSPS) is 22.5. The van der Waals surface area contributed by atoms with Crippen molar-refractivity contribution in [3.8, 4) is 0 Å². The summed E-state index contributed by atoms with van der Waals surface area (Å²) in [5, 5.41) is 5.48. The van der Waals surface area contributed by atoms with Crippen LogP contribution in [0.5, 0.6) is 0 Å². The molecule has 0 aromatic heterocycles. The Morgan fingerprint density at radius 1 is 1.21 bits per heavy atom. The van der Waals surface area contributed by atoms with E-state index in [1.807, 2.05) is 36.4 Å². The lowest BCUT2D eigenvalue weighted by Gasteiger charge is -2.22. The fourth-order valence-corrected chi connectivity index (χ4v) is 2.46. The van der Waals surface area contributed by atoms with E-state index in [2.05, 4.69) is 10.6 Å². The maximum Gasteiger partial charge on any atom is 0.329 e. The second-order valence-electron chi connectivity index (χ2n) is 5.66. The van der Waals surface area contributed by atoms with Crippen molar-refractivity contribution in [1.29, 1.82) is 0 Å². The number of amides is 2. The summed E-state index contributed by atoms with van der Waals surface area (Å²) >= 11 is 0. The standard InChI is InChI=1S/C18H22N2O4/c1-13(21)19-15-10-6-3-7-11-17(22)20-16(12-24-18(15)23)14-8-4-2-5-9-14/h2-6,8-9,15-16H,7,10-12H2,1H3,(H,19,21)(H,20,22)/t15-,16-/m1/s1. The van der Waals surface area contributed by atoms with E-state index in [9.17, 15) is 14.4 Å². The molecule has 1 aromatic rings. The Labute approximate surface area is 141 Å². The van der Waals surface area contributed by atoms with Crippen LogP contribution in [0.2, 0.25) is 0 Å². The molecule has 6 nitrogen and oxygen atoms in total. The number of nitrogens with one attached hydrogen (secondary N) is 2.